The van der Waals surface area contributed by atoms with Gasteiger partial charge in [-0.2, -0.15) is 0 Å². The fourth-order valence-corrected chi connectivity index (χ4v) is 1.28. The van der Waals surface area contributed by atoms with Gasteiger partial charge in [0, 0.05) is 0 Å². The van der Waals surface area contributed by atoms with Gasteiger partial charge in [0.15, 0.2) is 0 Å². The molecule has 0 aliphatic heterocycles. The molecule has 0 radical (unpaired) electrons. The first-order valence-corrected chi connectivity index (χ1v) is 9.68. The summed E-state index contributed by atoms with van der Waals surface area (Å²) in [6, 6.07) is 11.8. The first-order chi connectivity index (χ1) is 7.19. The second kappa shape index (κ2) is 6.22. The molecule has 0 heterocycles. The second-order valence-electron chi connectivity index (χ2n) is 2.87. The van der Waals surface area contributed by atoms with E-state index in [0.29, 0.717) is 11.4 Å². The fraction of sp³-hybridized carbons (Fsp3) is 0. The SMILES string of the molecule is Nc1cc2ccccc2cc1N.[Cl][Pt][Cl]. The van der Waals surface area contributed by atoms with E-state index < -0.39 is 16.5 Å². The number of fused-ring (bicyclic) bond motifs is 1. The summed E-state index contributed by atoms with van der Waals surface area (Å²) in [5.41, 5.74) is 12.6. The van der Waals surface area contributed by atoms with Gasteiger partial charge >= 0.3 is 35.3 Å². The maximum atomic E-state index is 5.66. The van der Waals surface area contributed by atoms with Crippen LogP contribution in [0.15, 0.2) is 36.4 Å². The zero-order valence-corrected chi connectivity index (χ0v) is 11.5. The number of nitrogens with two attached hydrogens (primary N) is 2. The van der Waals surface area contributed by atoms with Gasteiger partial charge in [-0.3, -0.25) is 0 Å². The molecule has 15 heavy (non-hydrogen) atoms. The van der Waals surface area contributed by atoms with Crippen LogP contribution in [0.3, 0.4) is 0 Å². The van der Waals surface area contributed by atoms with Crippen LogP contribution in [-0.2, 0) is 16.5 Å². The number of halogens is 2. The molecule has 84 valence electrons. The van der Waals surface area contributed by atoms with E-state index in [2.05, 4.69) is 0 Å². The summed E-state index contributed by atoms with van der Waals surface area (Å²) in [5, 5.41) is 2.26. The van der Waals surface area contributed by atoms with Gasteiger partial charge in [0.25, 0.3) is 0 Å². The Kier molecular flexibility index (Phi) is 5.24. The van der Waals surface area contributed by atoms with E-state index >= 15 is 0 Å². The van der Waals surface area contributed by atoms with Crippen molar-refractivity contribution in [1.82, 2.24) is 0 Å². The van der Waals surface area contributed by atoms with Crippen molar-refractivity contribution in [2.24, 2.45) is 0 Å². The van der Waals surface area contributed by atoms with Gasteiger partial charge in [-0.25, -0.2) is 0 Å². The zero-order chi connectivity index (χ0) is 11.3. The van der Waals surface area contributed by atoms with Crippen molar-refractivity contribution in [3.05, 3.63) is 36.4 Å². The molecule has 0 aliphatic rings. The van der Waals surface area contributed by atoms with Crippen molar-refractivity contribution in [1.29, 1.82) is 0 Å². The van der Waals surface area contributed by atoms with Crippen LogP contribution in [0.1, 0.15) is 0 Å². The number of rotatable bonds is 0. The fourth-order valence-electron chi connectivity index (χ4n) is 1.28. The van der Waals surface area contributed by atoms with E-state index in [-0.39, 0.29) is 0 Å². The molecular formula is C10H10Cl2N2Pt. The molecule has 0 aromatic heterocycles. The van der Waals surface area contributed by atoms with Crippen LogP contribution >= 0.6 is 18.8 Å². The standard InChI is InChI=1S/C10H10N2.2ClH.Pt/c11-9-5-7-3-1-2-4-8(7)6-10(9)12;;;/h1-6H,11-12H2;2*1H;/q;;;+2/p-2. The Hall–Kier alpha value is -0.432. The molecular weight excluding hydrogens is 414 g/mol. The van der Waals surface area contributed by atoms with E-state index in [0.717, 1.165) is 10.8 Å². The summed E-state index contributed by atoms with van der Waals surface area (Å²) < 4.78 is 0. The molecule has 2 aromatic rings. The predicted molar refractivity (Wildman–Crippen MR) is 64.5 cm³/mol. The summed E-state index contributed by atoms with van der Waals surface area (Å²) in [6.07, 6.45) is 0. The van der Waals surface area contributed by atoms with Crippen molar-refractivity contribution >= 4 is 41.0 Å². The van der Waals surface area contributed by atoms with E-state index in [9.17, 15) is 0 Å². The molecule has 0 saturated heterocycles. The van der Waals surface area contributed by atoms with E-state index in [1.165, 1.54) is 0 Å². The second-order valence-corrected chi connectivity index (χ2v) is 6.16. The number of hydrogen-bond acceptors (Lipinski definition) is 2. The monoisotopic (exact) mass is 423 g/mol. The Bertz CT molecular complexity index is 408. The molecule has 0 atom stereocenters. The third kappa shape index (κ3) is 3.57. The number of anilines is 2. The van der Waals surface area contributed by atoms with Gasteiger partial charge in [0.2, 0.25) is 0 Å². The van der Waals surface area contributed by atoms with Crippen LogP contribution in [0.5, 0.6) is 0 Å². The topological polar surface area (TPSA) is 52.0 Å². The average molecular weight is 424 g/mol. The Morgan fingerprint density at radius 2 is 1.20 bits per heavy atom. The van der Waals surface area contributed by atoms with Crippen LogP contribution in [0.4, 0.5) is 11.4 Å². The van der Waals surface area contributed by atoms with Crippen molar-refractivity contribution in [3.8, 4) is 0 Å². The third-order valence-electron chi connectivity index (χ3n) is 1.95. The van der Waals surface area contributed by atoms with Crippen LogP contribution < -0.4 is 11.5 Å². The Morgan fingerprint density at radius 3 is 1.53 bits per heavy atom. The molecule has 2 nitrogen and oxygen atoms in total. The van der Waals surface area contributed by atoms with Gasteiger partial charge in [0.05, 0.1) is 11.4 Å². The van der Waals surface area contributed by atoms with Crippen LogP contribution in [0, 0.1) is 0 Å². The van der Waals surface area contributed by atoms with E-state index in [1.807, 2.05) is 36.4 Å². The number of benzene rings is 2. The van der Waals surface area contributed by atoms with Gasteiger partial charge < -0.3 is 11.5 Å². The van der Waals surface area contributed by atoms with E-state index in [1.54, 1.807) is 0 Å². The van der Waals surface area contributed by atoms with Gasteiger partial charge in [-0.15, -0.1) is 0 Å². The maximum absolute atomic E-state index is 5.66. The van der Waals surface area contributed by atoms with Gasteiger partial charge in [-0.1, -0.05) is 24.3 Å². The van der Waals surface area contributed by atoms with Crippen LogP contribution in [0.2, 0.25) is 0 Å². The summed E-state index contributed by atoms with van der Waals surface area (Å²) in [5.74, 6) is 0. The van der Waals surface area contributed by atoms with E-state index in [4.69, 9.17) is 30.3 Å². The van der Waals surface area contributed by atoms with Crippen molar-refractivity contribution in [2.45, 2.75) is 0 Å². The summed E-state index contributed by atoms with van der Waals surface area (Å²) in [4.78, 5) is 0. The van der Waals surface area contributed by atoms with Crippen molar-refractivity contribution in [2.75, 3.05) is 11.5 Å². The minimum atomic E-state index is -0.472. The van der Waals surface area contributed by atoms with Crippen LogP contribution in [-0.4, -0.2) is 0 Å². The van der Waals surface area contributed by atoms with Crippen molar-refractivity contribution < 1.29 is 16.5 Å². The molecule has 0 saturated carbocycles. The molecule has 0 amide bonds. The van der Waals surface area contributed by atoms with Crippen molar-refractivity contribution in [3.63, 3.8) is 0 Å². The molecule has 5 heteroatoms. The van der Waals surface area contributed by atoms with Gasteiger partial charge in [-0.05, 0) is 22.9 Å². The summed E-state index contributed by atoms with van der Waals surface area (Å²) in [7, 11) is 9.75. The molecule has 2 aromatic carbocycles. The average Bonchev–Trinajstić information content (AvgIpc) is 2.21. The minimum absolute atomic E-state index is 0.472. The molecule has 0 unspecified atom stereocenters. The molecule has 2 rings (SSSR count). The molecule has 4 N–H and O–H groups in total. The predicted octanol–water partition coefficient (Wildman–Crippen LogP) is 3.38. The normalized spacial score (nSPS) is 9.73. The number of hydrogen-bond donors (Lipinski definition) is 2. The Balaban J connectivity index is 0.000000337. The summed E-state index contributed by atoms with van der Waals surface area (Å²) >= 11 is -0.472. The third-order valence-corrected chi connectivity index (χ3v) is 1.95. The Morgan fingerprint density at radius 1 is 0.867 bits per heavy atom. The molecule has 0 bridgehead atoms. The first-order valence-electron chi connectivity index (χ1n) is 4.05. The quantitative estimate of drug-likeness (QED) is 0.638. The number of nitrogen functional groups attached to an aromatic ring is 2. The first kappa shape index (κ1) is 12.6. The molecule has 0 aliphatic carbocycles. The molecule has 0 fully saturated rings. The van der Waals surface area contributed by atoms with Gasteiger partial charge in [0.1, 0.15) is 0 Å². The molecule has 0 spiro atoms. The zero-order valence-electron chi connectivity index (χ0n) is 7.69. The summed E-state index contributed by atoms with van der Waals surface area (Å²) in [6.45, 7) is 0. The Labute approximate surface area is 105 Å². The van der Waals surface area contributed by atoms with Crippen LogP contribution in [0.25, 0.3) is 10.8 Å².